The minimum Gasteiger partial charge on any atom is -0.264 e. The van der Waals surface area contributed by atoms with E-state index in [2.05, 4.69) is 0 Å². The second-order valence-corrected chi connectivity index (χ2v) is 5.98. The Bertz CT molecular complexity index is 472. The molecule has 0 bridgehead atoms. The molecule has 0 amide bonds. The lowest BCUT2D eigenvalue weighted by atomic mass is 10.2. The van der Waals surface area contributed by atoms with Crippen molar-refractivity contribution in [2.75, 3.05) is 5.23 Å². The fraction of sp³-hybridized carbons (Fsp3) is 0.400. The predicted molar refractivity (Wildman–Crippen MR) is 60.5 cm³/mol. The maximum absolute atomic E-state index is 11.8. The molecule has 96 valence electrons. The Labute approximate surface area is 100 Å². The maximum atomic E-state index is 11.8. The van der Waals surface area contributed by atoms with E-state index in [9.17, 15) is 8.42 Å². The Hall–Kier alpha value is -1.15. The van der Waals surface area contributed by atoms with E-state index in [1.165, 1.54) is 24.3 Å². The number of benzene rings is 1. The lowest BCUT2D eigenvalue weighted by Gasteiger charge is -2.19. The first-order chi connectivity index (χ1) is 7.62. The highest BCUT2D eigenvalue weighted by Gasteiger charge is 2.23. The summed E-state index contributed by atoms with van der Waals surface area (Å²) in [5.41, 5.74) is -0.767. The van der Waals surface area contributed by atoms with Crippen LogP contribution in [-0.4, -0.2) is 24.4 Å². The largest absolute Gasteiger partial charge is 0.297 e. The molecule has 17 heavy (non-hydrogen) atoms. The van der Waals surface area contributed by atoms with Gasteiger partial charge >= 0.3 is 0 Å². The summed E-state index contributed by atoms with van der Waals surface area (Å²) in [5, 5.41) is 17.3. The van der Waals surface area contributed by atoms with Crippen LogP contribution in [0.3, 0.4) is 0 Å². The van der Waals surface area contributed by atoms with E-state index in [1.54, 1.807) is 20.8 Å². The standard InChI is InChI=1S/C10H15NO5S/c1-10(2,3)16-17(14,15)9-6-4-8(5-7-9)11(12)13/h4-7,12-13H,1-3H3. The third kappa shape index (κ3) is 3.97. The normalized spacial score (nSPS) is 12.5. The topological polar surface area (TPSA) is 87.1 Å². The zero-order valence-corrected chi connectivity index (χ0v) is 10.6. The molecule has 0 aliphatic carbocycles. The quantitative estimate of drug-likeness (QED) is 0.637. The summed E-state index contributed by atoms with van der Waals surface area (Å²) in [6.07, 6.45) is 0. The van der Waals surface area contributed by atoms with Crippen molar-refractivity contribution in [3.05, 3.63) is 24.3 Å². The Morgan fingerprint density at radius 2 is 1.59 bits per heavy atom. The predicted octanol–water partition coefficient (Wildman–Crippen LogP) is 1.78. The van der Waals surface area contributed by atoms with Gasteiger partial charge in [-0.1, -0.05) is 0 Å². The molecule has 0 unspecified atom stereocenters. The Balaban J connectivity index is 3.01. The molecule has 6 nitrogen and oxygen atoms in total. The number of hydrogen-bond acceptors (Lipinski definition) is 6. The number of rotatable bonds is 3. The lowest BCUT2D eigenvalue weighted by Crippen LogP contribution is -2.24. The molecule has 0 aliphatic heterocycles. The number of nitrogens with zero attached hydrogens (tertiary/aromatic N) is 1. The van der Waals surface area contributed by atoms with Gasteiger partial charge in [0.05, 0.1) is 16.2 Å². The van der Waals surface area contributed by atoms with E-state index in [1.807, 2.05) is 0 Å². The molecule has 1 aromatic carbocycles. The number of anilines is 1. The average molecular weight is 261 g/mol. The van der Waals surface area contributed by atoms with Crippen molar-refractivity contribution >= 4 is 15.8 Å². The average Bonchev–Trinajstić information content (AvgIpc) is 2.14. The van der Waals surface area contributed by atoms with Crippen LogP contribution in [0, 0.1) is 0 Å². The van der Waals surface area contributed by atoms with Crippen LogP contribution in [0.25, 0.3) is 0 Å². The molecule has 7 heteroatoms. The van der Waals surface area contributed by atoms with Gasteiger partial charge in [-0.2, -0.15) is 8.42 Å². The third-order valence-corrected chi connectivity index (χ3v) is 3.28. The van der Waals surface area contributed by atoms with Crippen molar-refractivity contribution in [2.45, 2.75) is 31.3 Å². The highest BCUT2D eigenvalue weighted by atomic mass is 32.2. The van der Waals surface area contributed by atoms with Crippen molar-refractivity contribution in [3.63, 3.8) is 0 Å². The Kier molecular flexibility index (Phi) is 3.78. The van der Waals surface area contributed by atoms with Gasteiger partial charge < -0.3 is 0 Å². The molecule has 0 fully saturated rings. The van der Waals surface area contributed by atoms with E-state index >= 15 is 0 Å². The molecular formula is C10H15NO5S. The van der Waals surface area contributed by atoms with Crippen LogP contribution >= 0.6 is 0 Å². The summed E-state index contributed by atoms with van der Waals surface area (Å²) in [4.78, 5) is -0.0435. The van der Waals surface area contributed by atoms with Gasteiger partial charge in [-0.15, -0.1) is 5.23 Å². The van der Waals surface area contributed by atoms with E-state index in [0.717, 1.165) is 0 Å². The molecule has 0 radical (unpaired) electrons. The monoisotopic (exact) mass is 261 g/mol. The van der Waals surface area contributed by atoms with Crippen LogP contribution in [0.4, 0.5) is 5.69 Å². The fourth-order valence-electron chi connectivity index (χ4n) is 1.12. The summed E-state index contributed by atoms with van der Waals surface area (Å²) in [5.74, 6) is 0. The minimum absolute atomic E-state index is 0.0435. The molecule has 0 aliphatic rings. The van der Waals surface area contributed by atoms with Crippen LogP contribution in [0.5, 0.6) is 0 Å². The van der Waals surface area contributed by atoms with Crippen molar-refractivity contribution in [3.8, 4) is 0 Å². The molecule has 0 heterocycles. The first kappa shape index (κ1) is 13.9. The van der Waals surface area contributed by atoms with Crippen molar-refractivity contribution in [2.24, 2.45) is 0 Å². The highest BCUT2D eigenvalue weighted by molar-refractivity contribution is 7.86. The highest BCUT2D eigenvalue weighted by Crippen LogP contribution is 2.21. The molecular weight excluding hydrogens is 246 g/mol. The lowest BCUT2D eigenvalue weighted by molar-refractivity contribution is 0.0291. The number of hydrogen-bond donors (Lipinski definition) is 2. The zero-order chi connectivity index (χ0) is 13.3. The minimum atomic E-state index is -3.84. The van der Waals surface area contributed by atoms with Crippen molar-refractivity contribution in [1.82, 2.24) is 0 Å². The summed E-state index contributed by atoms with van der Waals surface area (Å²) < 4.78 is 28.5. The van der Waals surface area contributed by atoms with Crippen LogP contribution < -0.4 is 5.23 Å². The molecule has 0 atom stereocenters. The molecule has 1 rings (SSSR count). The summed E-state index contributed by atoms with van der Waals surface area (Å²) in [6, 6.07) is 4.96. The molecule has 2 N–H and O–H groups in total. The van der Waals surface area contributed by atoms with Crippen LogP contribution in [0.15, 0.2) is 29.2 Å². The molecule has 0 aromatic heterocycles. The molecule has 1 aromatic rings. The second kappa shape index (κ2) is 4.61. The van der Waals surface area contributed by atoms with Gasteiger partial charge in [0.2, 0.25) is 0 Å². The van der Waals surface area contributed by atoms with E-state index in [0.29, 0.717) is 0 Å². The van der Waals surface area contributed by atoms with Gasteiger partial charge in [0.25, 0.3) is 10.1 Å². The van der Waals surface area contributed by atoms with Gasteiger partial charge in [-0.25, -0.2) is 0 Å². The summed E-state index contributed by atoms with van der Waals surface area (Å²) in [6.45, 7) is 4.88. The smallest absolute Gasteiger partial charge is 0.264 e. The second-order valence-electron chi connectivity index (χ2n) is 4.43. The van der Waals surface area contributed by atoms with Crippen LogP contribution in [-0.2, 0) is 14.3 Å². The van der Waals surface area contributed by atoms with E-state index in [4.69, 9.17) is 14.6 Å². The van der Waals surface area contributed by atoms with Crippen LogP contribution in [0.2, 0.25) is 0 Å². The summed E-state index contributed by atoms with van der Waals surface area (Å²) in [7, 11) is -3.84. The van der Waals surface area contributed by atoms with Gasteiger partial charge in [-0.05, 0) is 45.0 Å². The van der Waals surface area contributed by atoms with Gasteiger partial charge in [0.1, 0.15) is 0 Å². The Morgan fingerprint density at radius 3 is 1.94 bits per heavy atom. The SMILES string of the molecule is CC(C)(C)OS(=O)(=O)c1ccc(N(O)O)cc1. The van der Waals surface area contributed by atoms with E-state index < -0.39 is 15.7 Å². The summed E-state index contributed by atoms with van der Waals surface area (Å²) >= 11 is 0. The van der Waals surface area contributed by atoms with Crippen molar-refractivity contribution in [1.29, 1.82) is 0 Å². The fourth-order valence-corrected chi connectivity index (χ4v) is 2.35. The zero-order valence-electron chi connectivity index (χ0n) is 9.78. The maximum Gasteiger partial charge on any atom is 0.297 e. The first-order valence-corrected chi connectivity index (χ1v) is 6.26. The van der Waals surface area contributed by atoms with Gasteiger partial charge in [0, 0.05) is 0 Å². The van der Waals surface area contributed by atoms with Crippen molar-refractivity contribution < 1.29 is 23.0 Å². The first-order valence-electron chi connectivity index (χ1n) is 4.85. The van der Waals surface area contributed by atoms with Gasteiger partial charge in [-0.3, -0.25) is 14.6 Å². The van der Waals surface area contributed by atoms with Gasteiger partial charge in [0.15, 0.2) is 0 Å². The third-order valence-electron chi connectivity index (χ3n) is 1.72. The molecule has 0 saturated heterocycles. The van der Waals surface area contributed by atoms with Crippen LogP contribution in [0.1, 0.15) is 20.8 Å². The van der Waals surface area contributed by atoms with E-state index in [-0.39, 0.29) is 15.8 Å². The molecule has 0 spiro atoms. The molecule has 0 saturated carbocycles. The Morgan fingerprint density at radius 1 is 1.12 bits per heavy atom.